The molecule has 3 rings (SSSR count). The predicted octanol–water partition coefficient (Wildman–Crippen LogP) is 2.97. The van der Waals surface area contributed by atoms with Crippen molar-refractivity contribution < 1.29 is 18.7 Å². The van der Waals surface area contributed by atoms with Crippen molar-refractivity contribution in [3.8, 4) is 0 Å². The van der Waals surface area contributed by atoms with E-state index in [0.29, 0.717) is 23.2 Å². The largest absolute Gasteiger partial charge is 0.376 e. The Morgan fingerprint density at radius 3 is 2.46 bits per heavy atom. The van der Waals surface area contributed by atoms with Gasteiger partial charge in [0.2, 0.25) is 0 Å². The third-order valence-corrected chi connectivity index (χ3v) is 4.04. The number of benzene rings is 2. The fourth-order valence-corrected chi connectivity index (χ4v) is 2.74. The number of ketones is 1. The van der Waals surface area contributed by atoms with Crippen LogP contribution in [0, 0.1) is 5.82 Å². The lowest BCUT2D eigenvalue weighted by Crippen LogP contribution is -2.32. The van der Waals surface area contributed by atoms with Crippen LogP contribution < -0.4 is 5.32 Å². The van der Waals surface area contributed by atoms with E-state index in [0.717, 1.165) is 19.4 Å². The molecule has 0 aliphatic carbocycles. The number of halogens is 1. The van der Waals surface area contributed by atoms with E-state index in [1.807, 2.05) is 0 Å². The second kappa shape index (κ2) is 7.36. The van der Waals surface area contributed by atoms with E-state index >= 15 is 0 Å². The first-order valence-electron chi connectivity index (χ1n) is 7.94. The molecule has 1 fully saturated rings. The van der Waals surface area contributed by atoms with E-state index in [1.54, 1.807) is 24.3 Å². The first-order valence-corrected chi connectivity index (χ1v) is 7.94. The molecule has 124 valence electrons. The maximum Gasteiger partial charge on any atom is 0.252 e. The zero-order valence-corrected chi connectivity index (χ0v) is 13.1. The molecule has 2 aromatic carbocycles. The summed E-state index contributed by atoms with van der Waals surface area (Å²) in [5.41, 5.74) is 0.953. The number of ether oxygens (including phenoxy) is 1. The highest BCUT2D eigenvalue weighted by molar-refractivity contribution is 6.15. The van der Waals surface area contributed by atoms with Gasteiger partial charge in [-0.1, -0.05) is 18.2 Å². The lowest BCUT2D eigenvalue weighted by atomic mass is 9.98. The Morgan fingerprint density at radius 2 is 1.79 bits per heavy atom. The lowest BCUT2D eigenvalue weighted by molar-refractivity contribution is 0.0853. The van der Waals surface area contributed by atoms with Gasteiger partial charge in [0.05, 0.1) is 11.7 Å². The minimum atomic E-state index is -0.408. The molecule has 0 aromatic heterocycles. The highest BCUT2D eigenvalue weighted by Gasteiger charge is 2.20. The quantitative estimate of drug-likeness (QED) is 0.859. The van der Waals surface area contributed by atoms with Crippen molar-refractivity contribution in [1.82, 2.24) is 5.32 Å². The fourth-order valence-electron chi connectivity index (χ4n) is 2.74. The Hall–Kier alpha value is -2.53. The maximum absolute atomic E-state index is 13.0. The van der Waals surface area contributed by atoms with E-state index in [2.05, 4.69) is 5.32 Å². The zero-order chi connectivity index (χ0) is 16.9. The van der Waals surface area contributed by atoms with Crippen LogP contribution >= 0.6 is 0 Å². The first kappa shape index (κ1) is 16.3. The topological polar surface area (TPSA) is 55.4 Å². The number of nitrogens with one attached hydrogen (secondary N) is 1. The summed E-state index contributed by atoms with van der Waals surface area (Å²) in [5, 5.41) is 2.82. The van der Waals surface area contributed by atoms with Gasteiger partial charge in [-0.05, 0) is 43.2 Å². The summed E-state index contributed by atoms with van der Waals surface area (Å²) in [6, 6.07) is 11.9. The van der Waals surface area contributed by atoms with Crippen LogP contribution in [0.15, 0.2) is 48.5 Å². The summed E-state index contributed by atoms with van der Waals surface area (Å²) >= 11 is 0. The summed E-state index contributed by atoms with van der Waals surface area (Å²) in [6.45, 7) is 1.15. The molecule has 0 unspecified atom stereocenters. The minimum Gasteiger partial charge on any atom is -0.376 e. The molecule has 24 heavy (non-hydrogen) atoms. The predicted molar refractivity (Wildman–Crippen MR) is 87.6 cm³/mol. The molecule has 1 aliphatic heterocycles. The Bertz CT molecular complexity index is 737. The van der Waals surface area contributed by atoms with Crippen LogP contribution in [0.25, 0.3) is 0 Å². The second-order valence-corrected chi connectivity index (χ2v) is 5.73. The number of hydrogen-bond donors (Lipinski definition) is 1. The highest BCUT2D eigenvalue weighted by atomic mass is 19.1. The normalized spacial score (nSPS) is 16.8. The summed E-state index contributed by atoms with van der Waals surface area (Å²) in [4.78, 5) is 25.0. The minimum absolute atomic E-state index is 0.0360. The molecule has 0 saturated carbocycles. The molecule has 0 radical (unpaired) electrons. The van der Waals surface area contributed by atoms with E-state index < -0.39 is 5.82 Å². The summed E-state index contributed by atoms with van der Waals surface area (Å²) in [7, 11) is 0. The number of carbonyl (C=O) groups excluding carboxylic acids is 2. The number of hydrogen-bond acceptors (Lipinski definition) is 3. The summed E-state index contributed by atoms with van der Waals surface area (Å²) < 4.78 is 18.5. The number of amides is 1. The van der Waals surface area contributed by atoms with Crippen molar-refractivity contribution in [1.29, 1.82) is 0 Å². The van der Waals surface area contributed by atoms with Gasteiger partial charge in [-0.15, -0.1) is 0 Å². The first-order chi connectivity index (χ1) is 11.6. The molecular weight excluding hydrogens is 309 g/mol. The van der Waals surface area contributed by atoms with Crippen molar-refractivity contribution in [3.05, 3.63) is 71.0 Å². The van der Waals surface area contributed by atoms with Crippen LogP contribution in [0.5, 0.6) is 0 Å². The third-order valence-electron chi connectivity index (χ3n) is 4.04. The smallest absolute Gasteiger partial charge is 0.252 e. The van der Waals surface area contributed by atoms with Crippen LogP contribution in [0.1, 0.15) is 39.1 Å². The molecule has 1 atom stereocenters. The number of carbonyl (C=O) groups is 2. The van der Waals surface area contributed by atoms with E-state index in [1.165, 1.54) is 24.3 Å². The molecule has 2 aromatic rings. The van der Waals surface area contributed by atoms with E-state index in [-0.39, 0.29) is 17.8 Å². The summed E-state index contributed by atoms with van der Waals surface area (Å²) in [5.74, 6) is -1.02. The highest BCUT2D eigenvalue weighted by Crippen LogP contribution is 2.16. The standard InChI is InChI=1S/C19H18FNO3/c20-14-9-7-13(8-10-14)18(22)16-5-1-2-6-17(16)19(23)21-12-15-4-3-11-24-15/h1-2,5-10,15H,3-4,11-12H2,(H,21,23)/t15-/m1/s1. The van der Waals surface area contributed by atoms with Gasteiger partial charge in [-0.25, -0.2) is 4.39 Å². The fraction of sp³-hybridized carbons (Fsp3) is 0.263. The van der Waals surface area contributed by atoms with Gasteiger partial charge in [0.15, 0.2) is 5.78 Å². The Balaban J connectivity index is 1.77. The van der Waals surface area contributed by atoms with Crippen molar-refractivity contribution in [3.63, 3.8) is 0 Å². The van der Waals surface area contributed by atoms with Gasteiger partial charge in [0, 0.05) is 24.3 Å². The average molecular weight is 327 g/mol. The Kier molecular flexibility index (Phi) is 5.01. The monoisotopic (exact) mass is 327 g/mol. The lowest BCUT2D eigenvalue weighted by Gasteiger charge is -2.13. The molecule has 4 nitrogen and oxygen atoms in total. The van der Waals surface area contributed by atoms with E-state index in [4.69, 9.17) is 4.74 Å². The molecular formula is C19H18FNO3. The van der Waals surface area contributed by atoms with Crippen molar-refractivity contribution >= 4 is 11.7 Å². The van der Waals surface area contributed by atoms with Gasteiger partial charge < -0.3 is 10.1 Å². The van der Waals surface area contributed by atoms with Gasteiger partial charge in [-0.2, -0.15) is 0 Å². The third kappa shape index (κ3) is 3.68. The molecule has 1 amide bonds. The van der Waals surface area contributed by atoms with Gasteiger partial charge >= 0.3 is 0 Å². The maximum atomic E-state index is 13.0. The zero-order valence-electron chi connectivity index (χ0n) is 13.1. The van der Waals surface area contributed by atoms with Crippen LogP contribution in [0.4, 0.5) is 4.39 Å². The van der Waals surface area contributed by atoms with Crippen molar-refractivity contribution in [2.45, 2.75) is 18.9 Å². The SMILES string of the molecule is O=C(NC[C@H]1CCCO1)c1ccccc1C(=O)c1ccc(F)cc1. The van der Waals surface area contributed by atoms with E-state index in [9.17, 15) is 14.0 Å². The molecule has 1 N–H and O–H groups in total. The molecule has 5 heteroatoms. The second-order valence-electron chi connectivity index (χ2n) is 5.73. The molecule has 0 bridgehead atoms. The van der Waals surface area contributed by atoms with Gasteiger partial charge in [0.25, 0.3) is 5.91 Å². The number of rotatable bonds is 5. The molecule has 1 heterocycles. The van der Waals surface area contributed by atoms with Crippen LogP contribution in [0.3, 0.4) is 0 Å². The molecule has 1 aliphatic rings. The average Bonchev–Trinajstić information content (AvgIpc) is 3.13. The Labute approximate surface area is 139 Å². The van der Waals surface area contributed by atoms with Crippen molar-refractivity contribution in [2.75, 3.05) is 13.2 Å². The van der Waals surface area contributed by atoms with Gasteiger partial charge in [-0.3, -0.25) is 9.59 Å². The van der Waals surface area contributed by atoms with Crippen LogP contribution in [-0.4, -0.2) is 30.9 Å². The van der Waals surface area contributed by atoms with Crippen LogP contribution in [0.2, 0.25) is 0 Å². The van der Waals surface area contributed by atoms with Crippen LogP contribution in [-0.2, 0) is 4.74 Å². The van der Waals surface area contributed by atoms with Gasteiger partial charge in [0.1, 0.15) is 5.82 Å². The Morgan fingerprint density at radius 1 is 1.08 bits per heavy atom. The van der Waals surface area contributed by atoms with Crippen molar-refractivity contribution in [2.24, 2.45) is 0 Å². The summed E-state index contributed by atoms with van der Waals surface area (Å²) in [6.07, 6.45) is 1.96. The molecule has 1 saturated heterocycles. The molecule has 0 spiro atoms.